The van der Waals surface area contributed by atoms with Crippen LogP contribution in [0.15, 0.2) is 12.5 Å². The molecule has 1 aliphatic carbocycles. The number of hydrogen-bond acceptors (Lipinski definition) is 3. The van der Waals surface area contributed by atoms with Crippen molar-refractivity contribution in [1.82, 2.24) is 9.55 Å². The molecular formula is C12H21N3O. The van der Waals surface area contributed by atoms with E-state index < -0.39 is 6.10 Å². The molecule has 0 saturated heterocycles. The third-order valence-electron chi connectivity index (χ3n) is 3.35. The Balaban J connectivity index is 2.11. The van der Waals surface area contributed by atoms with Crippen molar-refractivity contribution in [3.8, 4) is 0 Å². The van der Waals surface area contributed by atoms with Gasteiger partial charge in [0.2, 0.25) is 0 Å². The molecule has 1 saturated carbocycles. The van der Waals surface area contributed by atoms with E-state index in [1.807, 2.05) is 6.33 Å². The van der Waals surface area contributed by atoms with E-state index in [9.17, 15) is 5.11 Å². The van der Waals surface area contributed by atoms with Gasteiger partial charge in [0.05, 0.1) is 24.3 Å². The summed E-state index contributed by atoms with van der Waals surface area (Å²) in [5, 5.41) is 10.3. The van der Waals surface area contributed by atoms with Crippen LogP contribution in [0, 0.1) is 5.92 Å². The molecule has 3 N–H and O–H groups in total. The molecular weight excluding hydrogens is 202 g/mol. The fourth-order valence-electron chi connectivity index (χ4n) is 2.22. The van der Waals surface area contributed by atoms with E-state index in [0.29, 0.717) is 12.6 Å². The summed E-state index contributed by atoms with van der Waals surface area (Å²) in [5.74, 6) is 0.152. The first-order chi connectivity index (χ1) is 7.77. The van der Waals surface area contributed by atoms with Crippen molar-refractivity contribution in [3.63, 3.8) is 0 Å². The van der Waals surface area contributed by atoms with Gasteiger partial charge in [0, 0.05) is 12.0 Å². The van der Waals surface area contributed by atoms with Crippen molar-refractivity contribution in [2.75, 3.05) is 6.54 Å². The lowest BCUT2D eigenvalue weighted by molar-refractivity contribution is 0.0986. The maximum atomic E-state index is 10.3. The number of imidazole rings is 1. The van der Waals surface area contributed by atoms with Crippen molar-refractivity contribution >= 4 is 0 Å². The van der Waals surface area contributed by atoms with Gasteiger partial charge in [-0.2, -0.15) is 0 Å². The average molecular weight is 223 g/mol. The summed E-state index contributed by atoms with van der Waals surface area (Å²) < 4.78 is 2.11. The second-order valence-electron chi connectivity index (χ2n) is 4.69. The van der Waals surface area contributed by atoms with E-state index in [2.05, 4.69) is 16.5 Å². The lowest BCUT2D eigenvalue weighted by atomic mass is 9.95. The molecule has 0 bridgehead atoms. The molecule has 0 amide bonds. The zero-order valence-corrected chi connectivity index (χ0v) is 9.84. The number of nitrogens with zero attached hydrogens (tertiary/aromatic N) is 2. The largest absolute Gasteiger partial charge is 0.386 e. The summed E-state index contributed by atoms with van der Waals surface area (Å²) >= 11 is 0. The van der Waals surface area contributed by atoms with E-state index in [0.717, 1.165) is 18.5 Å². The first kappa shape index (κ1) is 11.6. The van der Waals surface area contributed by atoms with Crippen LogP contribution < -0.4 is 5.73 Å². The molecule has 1 heterocycles. The normalized spacial score (nSPS) is 19.7. The maximum absolute atomic E-state index is 10.3. The molecule has 2 unspecified atom stereocenters. The predicted molar refractivity (Wildman–Crippen MR) is 62.9 cm³/mol. The molecule has 4 heteroatoms. The summed E-state index contributed by atoms with van der Waals surface area (Å²) in [6, 6.07) is 0.562. The van der Waals surface area contributed by atoms with E-state index in [1.54, 1.807) is 6.20 Å². The number of aliphatic hydroxyl groups is 1. The highest BCUT2D eigenvalue weighted by molar-refractivity contribution is 5.08. The van der Waals surface area contributed by atoms with E-state index in [-0.39, 0.29) is 5.92 Å². The van der Waals surface area contributed by atoms with Crippen LogP contribution in [0.5, 0.6) is 0 Å². The Morgan fingerprint density at radius 3 is 2.94 bits per heavy atom. The smallest absolute Gasteiger partial charge is 0.0995 e. The molecule has 2 atom stereocenters. The van der Waals surface area contributed by atoms with Gasteiger partial charge in [-0.05, 0) is 25.8 Å². The van der Waals surface area contributed by atoms with E-state index in [4.69, 9.17) is 5.73 Å². The Bertz CT molecular complexity index is 333. The number of hydrogen-bond donors (Lipinski definition) is 2. The summed E-state index contributed by atoms with van der Waals surface area (Å²) in [4.78, 5) is 4.14. The number of aromatic nitrogens is 2. The molecule has 1 aromatic rings. The summed E-state index contributed by atoms with van der Waals surface area (Å²) in [5.41, 5.74) is 6.65. The Kier molecular flexibility index (Phi) is 3.61. The first-order valence-corrected chi connectivity index (χ1v) is 6.17. The SMILES string of the molecule is CCCC(CN)C(O)c1cncn1C1CC1. The summed E-state index contributed by atoms with van der Waals surface area (Å²) in [7, 11) is 0. The van der Waals surface area contributed by atoms with Crippen LogP contribution in [0.1, 0.15) is 50.4 Å². The molecule has 0 aromatic carbocycles. The summed E-state index contributed by atoms with van der Waals surface area (Å²) in [6.07, 6.45) is 7.57. The Morgan fingerprint density at radius 1 is 1.62 bits per heavy atom. The quantitative estimate of drug-likeness (QED) is 0.770. The van der Waals surface area contributed by atoms with Crippen LogP contribution in [0.3, 0.4) is 0 Å². The standard InChI is InChI=1S/C12H21N3O/c1-2-3-9(6-13)12(16)11-7-14-8-15(11)10-4-5-10/h7-10,12,16H,2-6,13H2,1H3. The molecule has 16 heavy (non-hydrogen) atoms. The predicted octanol–water partition coefficient (Wildman–Crippen LogP) is 1.63. The Hall–Kier alpha value is -0.870. The van der Waals surface area contributed by atoms with Crippen LogP contribution in [0.2, 0.25) is 0 Å². The minimum atomic E-state index is -0.465. The van der Waals surface area contributed by atoms with Gasteiger partial charge in [0.1, 0.15) is 0 Å². The number of aliphatic hydroxyl groups excluding tert-OH is 1. The van der Waals surface area contributed by atoms with Crippen LogP contribution in [-0.4, -0.2) is 21.2 Å². The first-order valence-electron chi connectivity index (χ1n) is 6.17. The topological polar surface area (TPSA) is 64.1 Å². The van der Waals surface area contributed by atoms with E-state index >= 15 is 0 Å². The highest BCUT2D eigenvalue weighted by atomic mass is 16.3. The lowest BCUT2D eigenvalue weighted by Crippen LogP contribution is -2.23. The van der Waals surface area contributed by atoms with Gasteiger partial charge in [-0.1, -0.05) is 13.3 Å². The molecule has 0 spiro atoms. The van der Waals surface area contributed by atoms with Gasteiger partial charge in [0.15, 0.2) is 0 Å². The fraction of sp³-hybridized carbons (Fsp3) is 0.750. The van der Waals surface area contributed by atoms with Crippen molar-refractivity contribution < 1.29 is 5.11 Å². The maximum Gasteiger partial charge on any atom is 0.0995 e. The number of nitrogens with two attached hydrogens (primary N) is 1. The summed E-state index contributed by atoms with van der Waals surface area (Å²) in [6.45, 7) is 2.65. The molecule has 1 fully saturated rings. The average Bonchev–Trinajstić information content (AvgIpc) is 3.03. The van der Waals surface area contributed by atoms with E-state index in [1.165, 1.54) is 12.8 Å². The second-order valence-corrected chi connectivity index (χ2v) is 4.69. The van der Waals surface area contributed by atoms with Gasteiger partial charge in [-0.3, -0.25) is 0 Å². The molecule has 0 radical (unpaired) electrons. The van der Waals surface area contributed by atoms with Gasteiger partial charge in [-0.15, -0.1) is 0 Å². The minimum Gasteiger partial charge on any atom is -0.386 e. The minimum absolute atomic E-state index is 0.152. The van der Waals surface area contributed by atoms with Crippen LogP contribution in [-0.2, 0) is 0 Å². The highest BCUT2D eigenvalue weighted by Gasteiger charge is 2.29. The second kappa shape index (κ2) is 4.97. The third kappa shape index (κ3) is 2.28. The van der Waals surface area contributed by atoms with Gasteiger partial charge in [-0.25, -0.2) is 4.98 Å². The fourth-order valence-corrected chi connectivity index (χ4v) is 2.22. The van der Waals surface area contributed by atoms with Crippen LogP contribution in [0.25, 0.3) is 0 Å². The Labute approximate surface area is 96.5 Å². The van der Waals surface area contributed by atoms with Crippen LogP contribution >= 0.6 is 0 Å². The molecule has 1 aliphatic rings. The molecule has 2 rings (SSSR count). The van der Waals surface area contributed by atoms with Crippen LogP contribution in [0.4, 0.5) is 0 Å². The molecule has 4 nitrogen and oxygen atoms in total. The highest BCUT2D eigenvalue weighted by Crippen LogP contribution is 2.38. The van der Waals surface area contributed by atoms with Gasteiger partial charge < -0.3 is 15.4 Å². The number of rotatable bonds is 6. The van der Waals surface area contributed by atoms with Crippen molar-refractivity contribution in [2.45, 2.75) is 44.8 Å². The van der Waals surface area contributed by atoms with Crippen molar-refractivity contribution in [2.24, 2.45) is 11.7 Å². The van der Waals surface area contributed by atoms with Crippen molar-refractivity contribution in [3.05, 3.63) is 18.2 Å². The van der Waals surface area contributed by atoms with Gasteiger partial charge in [0.25, 0.3) is 0 Å². The zero-order valence-electron chi connectivity index (χ0n) is 9.84. The molecule has 1 aromatic heterocycles. The molecule has 90 valence electrons. The molecule has 0 aliphatic heterocycles. The monoisotopic (exact) mass is 223 g/mol. The Morgan fingerprint density at radius 2 is 2.38 bits per heavy atom. The lowest BCUT2D eigenvalue weighted by Gasteiger charge is -2.22. The zero-order chi connectivity index (χ0) is 11.5. The third-order valence-corrected chi connectivity index (χ3v) is 3.35. The van der Waals surface area contributed by atoms with Gasteiger partial charge >= 0.3 is 0 Å². The van der Waals surface area contributed by atoms with Crippen molar-refractivity contribution in [1.29, 1.82) is 0 Å².